The maximum Gasteiger partial charge on any atom is 0.327 e. The van der Waals surface area contributed by atoms with Crippen LogP contribution in [0.15, 0.2) is 68.6 Å². The van der Waals surface area contributed by atoms with E-state index in [1.54, 1.807) is 17.8 Å². The number of allylic oxidation sites excluding steroid dienone is 1. The number of H-pyrrole nitrogens is 2. The van der Waals surface area contributed by atoms with Crippen LogP contribution in [-0.2, 0) is 0 Å². The van der Waals surface area contributed by atoms with Crippen molar-refractivity contribution < 1.29 is 4.79 Å². The first kappa shape index (κ1) is 16.8. The molecule has 6 nitrogen and oxygen atoms in total. The normalized spacial score (nSPS) is 17.0. The number of anilines is 1. The van der Waals surface area contributed by atoms with Crippen molar-refractivity contribution in [2.24, 2.45) is 0 Å². The monoisotopic (exact) mass is 389 g/mol. The van der Waals surface area contributed by atoms with E-state index in [-0.39, 0.29) is 5.78 Å². The van der Waals surface area contributed by atoms with Gasteiger partial charge in [-0.15, -0.1) is 11.8 Å². The molecule has 0 saturated carbocycles. The van der Waals surface area contributed by atoms with Gasteiger partial charge in [-0.05, 0) is 24.0 Å². The number of thioether (sulfide) groups is 1. The summed E-state index contributed by atoms with van der Waals surface area (Å²) in [6.07, 6.45) is 1.99. The highest BCUT2D eigenvalue weighted by atomic mass is 32.2. The first-order valence-electron chi connectivity index (χ1n) is 8.74. The summed E-state index contributed by atoms with van der Waals surface area (Å²) in [4.78, 5) is 43.9. The number of benzene rings is 2. The van der Waals surface area contributed by atoms with Gasteiger partial charge in [0.15, 0.2) is 5.78 Å². The predicted octanol–water partition coefficient (Wildman–Crippen LogP) is 2.95. The van der Waals surface area contributed by atoms with Crippen molar-refractivity contribution in [2.75, 3.05) is 11.6 Å². The standard InChI is InChI=1S/C21H15N3O3S/c1-28-11-8-6-10(7-9-11)14-15-17(12-4-2-3-5-13(12)18(15)25)22-19-16(14)20(26)24-21(27)23-19/h2-9,14H,1H3,(H3,22,23,24,26,27)/t14-/m1/s1. The summed E-state index contributed by atoms with van der Waals surface area (Å²) in [5.41, 5.74) is 2.63. The molecular formula is C21H15N3O3S. The molecule has 2 aliphatic rings. The Kier molecular flexibility index (Phi) is 3.67. The maximum atomic E-state index is 13.2. The number of hydrogen-bond donors (Lipinski definition) is 3. The number of fused-ring (bicyclic) bond motifs is 3. The van der Waals surface area contributed by atoms with Crippen molar-refractivity contribution in [3.63, 3.8) is 0 Å². The molecule has 3 N–H and O–H groups in total. The molecule has 0 amide bonds. The number of ketones is 1. The van der Waals surface area contributed by atoms with Crippen LogP contribution in [0.25, 0.3) is 5.70 Å². The minimum absolute atomic E-state index is 0.103. The van der Waals surface area contributed by atoms with E-state index in [0.29, 0.717) is 28.2 Å². The fourth-order valence-electron chi connectivity index (χ4n) is 3.98. The van der Waals surface area contributed by atoms with Crippen molar-refractivity contribution >= 4 is 29.1 Å². The summed E-state index contributed by atoms with van der Waals surface area (Å²) in [5.74, 6) is -0.341. The van der Waals surface area contributed by atoms with E-state index in [4.69, 9.17) is 0 Å². The minimum Gasteiger partial charge on any atom is -0.340 e. The van der Waals surface area contributed by atoms with Gasteiger partial charge in [0.2, 0.25) is 0 Å². The highest BCUT2D eigenvalue weighted by molar-refractivity contribution is 7.98. The molecule has 1 aliphatic heterocycles. The van der Waals surface area contributed by atoms with Gasteiger partial charge in [-0.1, -0.05) is 36.4 Å². The SMILES string of the molecule is CSc1ccc([C@@H]2C3=C(Nc4[nH]c(=O)[nH]c(=O)c42)c2ccccc2C3=O)cc1. The average Bonchev–Trinajstić information content (AvgIpc) is 2.99. The molecule has 138 valence electrons. The van der Waals surface area contributed by atoms with E-state index in [1.165, 1.54) is 0 Å². The van der Waals surface area contributed by atoms with Gasteiger partial charge in [-0.25, -0.2) is 4.79 Å². The van der Waals surface area contributed by atoms with Crippen LogP contribution >= 0.6 is 11.8 Å². The Balaban J connectivity index is 1.81. The van der Waals surface area contributed by atoms with Gasteiger partial charge >= 0.3 is 5.69 Å². The second kappa shape index (κ2) is 6.10. The zero-order chi connectivity index (χ0) is 19.4. The highest BCUT2D eigenvalue weighted by Gasteiger charge is 2.41. The third kappa shape index (κ3) is 2.33. The number of carbonyl (C=O) groups is 1. The smallest absolute Gasteiger partial charge is 0.327 e. The Morgan fingerprint density at radius 1 is 0.893 bits per heavy atom. The molecule has 1 aromatic heterocycles. The number of carbonyl (C=O) groups excluding carboxylic acids is 1. The number of aromatic nitrogens is 2. The van der Waals surface area contributed by atoms with E-state index in [9.17, 15) is 14.4 Å². The van der Waals surface area contributed by atoms with Gasteiger partial charge in [0.1, 0.15) is 5.82 Å². The molecule has 2 heterocycles. The largest absolute Gasteiger partial charge is 0.340 e. The summed E-state index contributed by atoms with van der Waals surface area (Å²) in [6, 6.07) is 15.1. The topological polar surface area (TPSA) is 94.8 Å². The molecule has 0 unspecified atom stereocenters. The van der Waals surface area contributed by atoms with Gasteiger partial charge < -0.3 is 5.32 Å². The number of Topliss-reactive ketones (excluding diaryl/α,β-unsaturated/α-hetero) is 1. The Bertz CT molecular complexity index is 1290. The highest BCUT2D eigenvalue weighted by Crippen LogP contribution is 2.47. The number of aromatic amines is 2. The predicted molar refractivity (Wildman–Crippen MR) is 109 cm³/mol. The molecule has 0 radical (unpaired) electrons. The third-order valence-electron chi connectivity index (χ3n) is 5.21. The van der Waals surface area contributed by atoms with Crippen LogP contribution < -0.4 is 16.6 Å². The first-order valence-corrected chi connectivity index (χ1v) is 9.96. The van der Waals surface area contributed by atoms with Crippen LogP contribution in [0.3, 0.4) is 0 Å². The van der Waals surface area contributed by atoms with Crippen LogP contribution in [0.4, 0.5) is 5.82 Å². The van der Waals surface area contributed by atoms with Gasteiger partial charge in [0, 0.05) is 27.5 Å². The average molecular weight is 389 g/mol. The van der Waals surface area contributed by atoms with E-state index >= 15 is 0 Å². The molecule has 5 rings (SSSR count). The van der Waals surface area contributed by atoms with Crippen molar-refractivity contribution in [3.05, 3.63) is 97.2 Å². The van der Waals surface area contributed by atoms with Crippen molar-refractivity contribution in [2.45, 2.75) is 10.8 Å². The lowest BCUT2D eigenvalue weighted by Crippen LogP contribution is -2.33. The van der Waals surface area contributed by atoms with E-state index in [2.05, 4.69) is 15.3 Å². The fraction of sp³-hybridized carbons (Fsp3) is 0.0952. The minimum atomic E-state index is -0.589. The molecule has 0 spiro atoms. The zero-order valence-electron chi connectivity index (χ0n) is 14.8. The first-order chi connectivity index (χ1) is 13.6. The van der Waals surface area contributed by atoms with Crippen LogP contribution in [-0.4, -0.2) is 22.0 Å². The maximum absolute atomic E-state index is 13.2. The quantitative estimate of drug-likeness (QED) is 0.586. The second-order valence-electron chi connectivity index (χ2n) is 6.69. The third-order valence-corrected chi connectivity index (χ3v) is 5.95. The molecule has 0 fully saturated rings. The molecule has 28 heavy (non-hydrogen) atoms. The molecule has 3 aromatic rings. The Hall–Kier alpha value is -3.32. The number of rotatable bonds is 2. The van der Waals surface area contributed by atoms with E-state index in [1.807, 2.05) is 48.7 Å². The molecule has 0 saturated heterocycles. The summed E-state index contributed by atoms with van der Waals surface area (Å²) in [6.45, 7) is 0. The fourth-order valence-corrected chi connectivity index (χ4v) is 4.39. The molecule has 1 atom stereocenters. The molecular weight excluding hydrogens is 374 g/mol. The summed E-state index contributed by atoms with van der Waals surface area (Å²) >= 11 is 1.62. The molecule has 1 aliphatic carbocycles. The lowest BCUT2D eigenvalue weighted by atomic mass is 9.82. The summed E-state index contributed by atoms with van der Waals surface area (Å²) in [7, 11) is 0. The molecule has 0 bridgehead atoms. The lowest BCUT2D eigenvalue weighted by Gasteiger charge is -2.27. The van der Waals surface area contributed by atoms with Crippen molar-refractivity contribution in [1.29, 1.82) is 0 Å². The van der Waals surface area contributed by atoms with Crippen LogP contribution in [0.2, 0.25) is 0 Å². The van der Waals surface area contributed by atoms with Crippen molar-refractivity contribution in [1.82, 2.24) is 9.97 Å². The zero-order valence-corrected chi connectivity index (χ0v) is 15.6. The second-order valence-corrected chi connectivity index (χ2v) is 7.57. The van der Waals surface area contributed by atoms with E-state index in [0.717, 1.165) is 16.0 Å². The summed E-state index contributed by atoms with van der Waals surface area (Å²) in [5, 5.41) is 3.13. The van der Waals surface area contributed by atoms with Crippen LogP contribution in [0.5, 0.6) is 0 Å². The number of hydrogen-bond acceptors (Lipinski definition) is 5. The molecule has 7 heteroatoms. The van der Waals surface area contributed by atoms with E-state index < -0.39 is 17.2 Å². The van der Waals surface area contributed by atoms with Gasteiger partial charge in [0.25, 0.3) is 5.56 Å². The Morgan fingerprint density at radius 3 is 2.32 bits per heavy atom. The molecule has 2 aromatic carbocycles. The van der Waals surface area contributed by atoms with Crippen LogP contribution in [0, 0.1) is 0 Å². The van der Waals surface area contributed by atoms with Gasteiger partial charge in [0.05, 0.1) is 11.3 Å². The van der Waals surface area contributed by atoms with Gasteiger partial charge in [-0.3, -0.25) is 19.6 Å². The summed E-state index contributed by atoms with van der Waals surface area (Å²) < 4.78 is 0. The Morgan fingerprint density at radius 2 is 1.61 bits per heavy atom. The van der Waals surface area contributed by atoms with Crippen LogP contribution in [0.1, 0.15) is 33.0 Å². The van der Waals surface area contributed by atoms with Gasteiger partial charge in [-0.2, -0.15) is 0 Å². The lowest BCUT2D eigenvalue weighted by molar-refractivity contribution is 0.103. The Labute approximate surface area is 163 Å². The number of nitrogens with one attached hydrogen (secondary N) is 3. The van der Waals surface area contributed by atoms with Crippen molar-refractivity contribution in [3.8, 4) is 0 Å².